The van der Waals surface area contributed by atoms with Gasteiger partial charge in [0.15, 0.2) is 0 Å². The number of pyridine rings is 1. The Labute approximate surface area is 112 Å². The Morgan fingerprint density at radius 1 is 1.18 bits per heavy atom. The summed E-state index contributed by atoms with van der Waals surface area (Å²) in [6.07, 6.45) is 1.27. The smallest absolute Gasteiger partial charge is 0.106 e. The molecule has 1 aliphatic heterocycles. The lowest BCUT2D eigenvalue weighted by Gasteiger charge is -2.20. The second kappa shape index (κ2) is 6.47. The molecular weight excluding hydrogens is 278 g/mol. The molecule has 1 aliphatic rings. The summed E-state index contributed by atoms with van der Waals surface area (Å²) in [7, 11) is 0. The zero-order chi connectivity index (χ0) is 12.1. The largest absolute Gasteiger partial charge is 0.302 e. The fraction of sp³-hybridized carbons (Fsp3) is 0.615. The molecule has 17 heavy (non-hydrogen) atoms. The summed E-state index contributed by atoms with van der Waals surface area (Å²) in [5, 5.41) is 0. The van der Waals surface area contributed by atoms with Crippen molar-refractivity contribution in [3.05, 3.63) is 28.5 Å². The Kier molecular flexibility index (Phi) is 4.95. The third-order valence-corrected chi connectivity index (χ3v) is 3.73. The first kappa shape index (κ1) is 13.0. The first-order chi connectivity index (χ1) is 8.28. The number of aromatic nitrogens is 1. The summed E-state index contributed by atoms with van der Waals surface area (Å²) in [5.74, 6) is 0. The van der Waals surface area contributed by atoms with Gasteiger partial charge in [-0.15, -0.1) is 0 Å². The SMILES string of the molecule is CCN1CCCN(Cc2cccc(Br)n2)CC1. The van der Waals surface area contributed by atoms with Crippen molar-refractivity contribution in [3.8, 4) is 0 Å². The molecule has 0 amide bonds. The molecular formula is C13H20BrN3. The van der Waals surface area contributed by atoms with E-state index >= 15 is 0 Å². The van der Waals surface area contributed by atoms with Crippen LogP contribution in [0.25, 0.3) is 0 Å². The van der Waals surface area contributed by atoms with Crippen LogP contribution in [0.3, 0.4) is 0 Å². The maximum atomic E-state index is 4.50. The highest BCUT2D eigenvalue weighted by Crippen LogP contribution is 2.10. The number of halogens is 1. The normalized spacial score (nSPS) is 19.2. The van der Waals surface area contributed by atoms with Crippen LogP contribution in [0.1, 0.15) is 19.0 Å². The lowest BCUT2D eigenvalue weighted by molar-refractivity contribution is 0.255. The summed E-state index contributed by atoms with van der Waals surface area (Å²) in [6.45, 7) is 9.14. The monoisotopic (exact) mass is 297 g/mol. The molecule has 0 aliphatic carbocycles. The van der Waals surface area contributed by atoms with E-state index in [0.717, 1.165) is 23.4 Å². The molecule has 2 heterocycles. The van der Waals surface area contributed by atoms with Crippen molar-refractivity contribution < 1.29 is 0 Å². The molecule has 0 bridgehead atoms. The molecule has 0 spiro atoms. The Morgan fingerprint density at radius 3 is 2.71 bits per heavy atom. The highest BCUT2D eigenvalue weighted by atomic mass is 79.9. The summed E-state index contributed by atoms with van der Waals surface area (Å²) in [4.78, 5) is 9.53. The minimum Gasteiger partial charge on any atom is -0.302 e. The van der Waals surface area contributed by atoms with E-state index in [2.05, 4.69) is 49.8 Å². The highest BCUT2D eigenvalue weighted by molar-refractivity contribution is 9.10. The predicted octanol–water partition coefficient (Wildman–Crippen LogP) is 2.37. The second-order valence-corrected chi connectivity index (χ2v) is 5.33. The van der Waals surface area contributed by atoms with Gasteiger partial charge in [-0.1, -0.05) is 13.0 Å². The zero-order valence-electron chi connectivity index (χ0n) is 10.4. The van der Waals surface area contributed by atoms with E-state index in [-0.39, 0.29) is 0 Å². The summed E-state index contributed by atoms with van der Waals surface area (Å²) >= 11 is 3.43. The minimum absolute atomic E-state index is 0.931. The van der Waals surface area contributed by atoms with Crippen molar-refractivity contribution in [2.24, 2.45) is 0 Å². The van der Waals surface area contributed by atoms with Gasteiger partial charge in [-0.2, -0.15) is 0 Å². The van der Waals surface area contributed by atoms with E-state index in [1.807, 2.05) is 6.07 Å². The standard InChI is InChI=1S/C13H20BrN3/c1-2-16-7-4-8-17(10-9-16)11-12-5-3-6-13(14)15-12/h3,5-6H,2,4,7-11H2,1H3. The fourth-order valence-corrected chi connectivity index (χ4v) is 2.65. The Hall–Kier alpha value is -0.450. The molecule has 3 nitrogen and oxygen atoms in total. The average Bonchev–Trinajstić information content (AvgIpc) is 2.54. The second-order valence-electron chi connectivity index (χ2n) is 4.52. The van der Waals surface area contributed by atoms with Gasteiger partial charge in [0.1, 0.15) is 4.60 Å². The van der Waals surface area contributed by atoms with Gasteiger partial charge in [0.2, 0.25) is 0 Å². The van der Waals surface area contributed by atoms with Crippen LogP contribution in [0.15, 0.2) is 22.8 Å². The van der Waals surface area contributed by atoms with E-state index in [1.54, 1.807) is 0 Å². The van der Waals surface area contributed by atoms with Crippen LogP contribution < -0.4 is 0 Å². The quantitative estimate of drug-likeness (QED) is 0.799. The molecule has 4 heteroatoms. The molecule has 2 rings (SSSR count). The number of hydrogen-bond donors (Lipinski definition) is 0. The van der Waals surface area contributed by atoms with Crippen molar-refractivity contribution in [2.45, 2.75) is 19.9 Å². The van der Waals surface area contributed by atoms with Crippen molar-refractivity contribution in [3.63, 3.8) is 0 Å². The molecule has 1 aromatic rings. The van der Waals surface area contributed by atoms with Gasteiger partial charge in [0.05, 0.1) is 5.69 Å². The fourth-order valence-electron chi connectivity index (χ4n) is 2.27. The molecule has 94 valence electrons. The van der Waals surface area contributed by atoms with E-state index in [4.69, 9.17) is 0 Å². The third-order valence-electron chi connectivity index (χ3n) is 3.29. The van der Waals surface area contributed by atoms with Crippen molar-refractivity contribution >= 4 is 15.9 Å². The van der Waals surface area contributed by atoms with Gasteiger partial charge >= 0.3 is 0 Å². The molecule has 0 aromatic carbocycles. The molecule has 0 N–H and O–H groups in total. The molecule has 0 radical (unpaired) electrons. The van der Waals surface area contributed by atoms with Crippen molar-refractivity contribution in [2.75, 3.05) is 32.7 Å². The summed E-state index contributed by atoms with van der Waals surface area (Å²) in [6, 6.07) is 6.14. The van der Waals surface area contributed by atoms with Crippen molar-refractivity contribution in [1.82, 2.24) is 14.8 Å². The van der Waals surface area contributed by atoms with Crippen molar-refractivity contribution in [1.29, 1.82) is 0 Å². The average molecular weight is 298 g/mol. The number of nitrogens with zero attached hydrogens (tertiary/aromatic N) is 3. The van der Waals surface area contributed by atoms with Crippen LogP contribution in [0.4, 0.5) is 0 Å². The zero-order valence-corrected chi connectivity index (χ0v) is 12.0. The van der Waals surface area contributed by atoms with Crippen LogP contribution in [0.2, 0.25) is 0 Å². The molecule has 0 unspecified atom stereocenters. The topological polar surface area (TPSA) is 19.4 Å². The van der Waals surface area contributed by atoms with Crippen LogP contribution in [-0.4, -0.2) is 47.5 Å². The molecule has 1 fully saturated rings. The Bertz CT molecular complexity index is 356. The van der Waals surface area contributed by atoms with E-state index < -0.39 is 0 Å². The lowest BCUT2D eigenvalue weighted by atomic mass is 10.3. The number of likely N-dealkylation sites (N-methyl/N-ethyl adjacent to an activating group) is 1. The van der Waals surface area contributed by atoms with Crippen LogP contribution in [-0.2, 0) is 6.54 Å². The van der Waals surface area contributed by atoms with Gasteiger partial charge in [-0.25, -0.2) is 4.98 Å². The Morgan fingerprint density at radius 2 is 1.94 bits per heavy atom. The van der Waals surface area contributed by atoms with Crippen LogP contribution in [0, 0.1) is 0 Å². The maximum Gasteiger partial charge on any atom is 0.106 e. The molecule has 1 aromatic heterocycles. The number of hydrogen-bond acceptors (Lipinski definition) is 3. The first-order valence-corrected chi connectivity index (χ1v) is 7.13. The molecule has 0 atom stereocenters. The van der Waals surface area contributed by atoms with Crippen LogP contribution >= 0.6 is 15.9 Å². The molecule has 1 saturated heterocycles. The summed E-state index contributed by atoms with van der Waals surface area (Å²) < 4.78 is 0.931. The highest BCUT2D eigenvalue weighted by Gasteiger charge is 2.13. The predicted molar refractivity (Wildman–Crippen MR) is 73.9 cm³/mol. The Balaban J connectivity index is 1.90. The van der Waals surface area contributed by atoms with E-state index in [9.17, 15) is 0 Å². The van der Waals surface area contributed by atoms with E-state index in [1.165, 1.54) is 32.6 Å². The summed E-state index contributed by atoms with van der Waals surface area (Å²) in [5.41, 5.74) is 1.16. The third kappa shape index (κ3) is 4.05. The van der Waals surface area contributed by atoms with E-state index in [0.29, 0.717) is 0 Å². The maximum absolute atomic E-state index is 4.50. The lowest BCUT2D eigenvalue weighted by Crippen LogP contribution is -2.30. The first-order valence-electron chi connectivity index (χ1n) is 6.34. The van der Waals surface area contributed by atoms with Gasteiger partial charge < -0.3 is 4.90 Å². The van der Waals surface area contributed by atoms with Gasteiger partial charge in [-0.3, -0.25) is 4.90 Å². The number of rotatable bonds is 3. The molecule has 0 saturated carbocycles. The van der Waals surface area contributed by atoms with Gasteiger partial charge in [0, 0.05) is 19.6 Å². The van der Waals surface area contributed by atoms with Gasteiger partial charge in [-0.05, 0) is 54.1 Å². The minimum atomic E-state index is 0.931. The van der Waals surface area contributed by atoms with Gasteiger partial charge in [0.25, 0.3) is 0 Å². The van der Waals surface area contributed by atoms with Crippen LogP contribution in [0.5, 0.6) is 0 Å².